The maximum atomic E-state index is 12.7. The van der Waals surface area contributed by atoms with Gasteiger partial charge in [-0.2, -0.15) is 0 Å². The summed E-state index contributed by atoms with van der Waals surface area (Å²) >= 11 is 0. The Bertz CT molecular complexity index is 901. The summed E-state index contributed by atoms with van der Waals surface area (Å²) < 4.78 is 16.4. The lowest BCUT2D eigenvalue weighted by Crippen LogP contribution is -2.48. The standard InChI is InChI=1S/C24H32N2O5/c1-15(2)21(26-23(28)31-24(4,5)6)22(27)25-17-9-12-18(13-10-17)30-19-11-8-16(3)20(14-19)29-7/h8-15,21H,1-7H3,(H,25,27)(H,26,28)/t21-/m1/s1. The first-order chi connectivity index (χ1) is 14.5. The smallest absolute Gasteiger partial charge is 0.408 e. The lowest BCUT2D eigenvalue weighted by atomic mass is 10.0. The summed E-state index contributed by atoms with van der Waals surface area (Å²) in [5.41, 5.74) is 0.974. The summed E-state index contributed by atoms with van der Waals surface area (Å²) in [6.45, 7) is 11.0. The number of ether oxygens (including phenoxy) is 3. The Balaban J connectivity index is 2.01. The molecule has 0 saturated heterocycles. The van der Waals surface area contributed by atoms with Gasteiger partial charge >= 0.3 is 6.09 Å². The van der Waals surface area contributed by atoms with E-state index in [2.05, 4.69) is 10.6 Å². The summed E-state index contributed by atoms with van der Waals surface area (Å²) in [6, 6.07) is 11.9. The first-order valence-electron chi connectivity index (χ1n) is 10.2. The highest BCUT2D eigenvalue weighted by molar-refractivity contribution is 5.96. The summed E-state index contributed by atoms with van der Waals surface area (Å²) in [7, 11) is 1.62. The zero-order chi connectivity index (χ0) is 23.2. The molecule has 2 amide bonds. The SMILES string of the molecule is COc1cc(Oc2ccc(NC(=O)[C@H](NC(=O)OC(C)(C)C)C(C)C)cc2)ccc1C. The van der Waals surface area contributed by atoms with Crippen LogP contribution in [0.5, 0.6) is 17.2 Å². The molecule has 0 saturated carbocycles. The number of hydrogen-bond donors (Lipinski definition) is 2. The van der Waals surface area contributed by atoms with Gasteiger partial charge in [-0.25, -0.2) is 4.79 Å². The fourth-order valence-electron chi connectivity index (χ4n) is 2.80. The van der Waals surface area contributed by atoms with E-state index in [0.29, 0.717) is 17.2 Å². The lowest BCUT2D eigenvalue weighted by Gasteiger charge is -2.25. The van der Waals surface area contributed by atoms with Crippen molar-refractivity contribution >= 4 is 17.7 Å². The van der Waals surface area contributed by atoms with Crippen molar-refractivity contribution in [3.05, 3.63) is 48.0 Å². The van der Waals surface area contributed by atoms with E-state index in [9.17, 15) is 9.59 Å². The molecule has 2 rings (SSSR count). The second-order valence-corrected chi connectivity index (χ2v) is 8.62. The van der Waals surface area contributed by atoms with Crippen molar-refractivity contribution in [2.45, 2.75) is 53.2 Å². The number of alkyl carbamates (subject to hydrolysis) is 1. The van der Waals surface area contributed by atoms with Crippen molar-refractivity contribution in [1.29, 1.82) is 0 Å². The lowest BCUT2D eigenvalue weighted by molar-refractivity contribution is -0.119. The van der Waals surface area contributed by atoms with Gasteiger partial charge < -0.3 is 24.8 Å². The van der Waals surface area contributed by atoms with E-state index in [-0.39, 0.29) is 11.8 Å². The van der Waals surface area contributed by atoms with Crippen LogP contribution in [0.25, 0.3) is 0 Å². The van der Waals surface area contributed by atoms with E-state index < -0.39 is 17.7 Å². The molecule has 0 unspecified atom stereocenters. The summed E-state index contributed by atoms with van der Waals surface area (Å²) in [6.07, 6.45) is -0.626. The molecular formula is C24H32N2O5. The van der Waals surface area contributed by atoms with Crippen LogP contribution in [0, 0.1) is 12.8 Å². The van der Waals surface area contributed by atoms with Crippen LogP contribution in [0.15, 0.2) is 42.5 Å². The molecule has 2 aromatic carbocycles. The monoisotopic (exact) mass is 428 g/mol. The maximum Gasteiger partial charge on any atom is 0.408 e. The maximum absolute atomic E-state index is 12.7. The summed E-state index contributed by atoms with van der Waals surface area (Å²) in [5, 5.41) is 5.47. The van der Waals surface area contributed by atoms with Crippen molar-refractivity contribution in [2.24, 2.45) is 5.92 Å². The molecule has 168 valence electrons. The highest BCUT2D eigenvalue weighted by Crippen LogP contribution is 2.28. The van der Waals surface area contributed by atoms with E-state index in [1.165, 1.54) is 0 Å². The molecule has 0 spiro atoms. The minimum Gasteiger partial charge on any atom is -0.496 e. The third-order valence-corrected chi connectivity index (χ3v) is 4.36. The molecule has 0 aliphatic heterocycles. The second-order valence-electron chi connectivity index (χ2n) is 8.62. The molecular weight excluding hydrogens is 396 g/mol. The first-order valence-corrected chi connectivity index (χ1v) is 10.2. The van der Waals surface area contributed by atoms with E-state index in [1.54, 1.807) is 52.1 Å². The molecule has 7 heteroatoms. The molecule has 0 bridgehead atoms. The number of rotatable bonds is 7. The number of nitrogens with one attached hydrogen (secondary N) is 2. The fraction of sp³-hybridized carbons (Fsp3) is 0.417. The van der Waals surface area contributed by atoms with Crippen LogP contribution in [-0.2, 0) is 9.53 Å². The first kappa shape index (κ1) is 24.1. The van der Waals surface area contributed by atoms with Gasteiger partial charge in [0, 0.05) is 11.8 Å². The van der Waals surface area contributed by atoms with E-state index in [1.807, 2.05) is 39.0 Å². The van der Waals surface area contributed by atoms with E-state index in [0.717, 1.165) is 11.3 Å². The molecule has 0 fully saturated rings. The largest absolute Gasteiger partial charge is 0.496 e. The van der Waals surface area contributed by atoms with Gasteiger partial charge in [-0.05, 0) is 69.5 Å². The Kier molecular flexibility index (Phi) is 7.91. The molecule has 7 nitrogen and oxygen atoms in total. The van der Waals surface area contributed by atoms with Crippen LogP contribution < -0.4 is 20.1 Å². The predicted octanol–water partition coefficient (Wildman–Crippen LogP) is 5.28. The Hall–Kier alpha value is -3.22. The Morgan fingerprint density at radius 3 is 2.13 bits per heavy atom. The molecule has 1 atom stereocenters. The second kappa shape index (κ2) is 10.2. The van der Waals surface area contributed by atoms with Gasteiger partial charge in [0.15, 0.2) is 0 Å². The quantitative estimate of drug-likeness (QED) is 0.626. The van der Waals surface area contributed by atoms with Gasteiger partial charge in [0.2, 0.25) is 5.91 Å². The van der Waals surface area contributed by atoms with Gasteiger partial charge in [-0.1, -0.05) is 19.9 Å². The zero-order valence-corrected chi connectivity index (χ0v) is 19.2. The van der Waals surface area contributed by atoms with E-state index >= 15 is 0 Å². The van der Waals surface area contributed by atoms with Crippen molar-refractivity contribution in [1.82, 2.24) is 5.32 Å². The van der Waals surface area contributed by atoms with Crippen molar-refractivity contribution < 1.29 is 23.8 Å². The summed E-state index contributed by atoms with van der Waals surface area (Å²) in [5.74, 6) is 1.58. The topological polar surface area (TPSA) is 85.9 Å². The van der Waals surface area contributed by atoms with Crippen LogP contribution in [0.1, 0.15) is 40.2 Å². The number of carbonyl (C=O) groups is 2. The number of amides is 2. The average Bonchev–Trinajstić information content (AvgIpc) is 2.67. The highest BCUT2D eigenvalue weighted by atomic mass is 16.6. The number of aryl methyl sites for hydroxylation is 1. The number of methoxy groups -OCH3 is 1. The van der Waals surface area contributed by atoms with Gasteiger partial charge in [-0.15, -0.1) is 0 Å². The Morgan fingerprint density at radius 1 is 0.968 bits per heavy atom. The Morgan fingerprint density at radius 2 is 1.58 bits per heavy atom. The highest BCUT2D eigenvalue weighted by Gasteiger charge is 2.27. The number of carbonyl (C=O) groups excluding carboxylic acids is 2. The van der Waals surface area contributed by atoms with Crippen LogP contribution in [0.3, 0.4) is 0 Å². The molecule has 0 aliphatic carbocycles. The van der Waals surface area contributed by atoms with Gasteiger partial charge in [0.05, 0.1) is 7.11 Å². The minimum absolute atomic E-state index is 0.119. The van der Waals surface area contributed by atoms with Crippen LogP contribution in [0.2, 0.25) is 0 Å². The molecule has 2 N–H and O–H groups in total. The van der Waals surface area contributed by atoms with Crippen LogP contribution >= 0.6 is 0 Å². The summed E-state index contributed by atoms with van der Waals surface area (Å²) in [4.78, 5) is 24.8. The van der Waals surface area contributed by atoms with Gasteiger partial charge in [-0.3, -0.25) is 4.79 Å². The normalized spacial score (nSPS) is 12.1. The van der Waals surface area contributed by atoms with Crippen molar-refractivity contribution in [2.75, 3.05) is 12.4 Å². The number of benzene rings is 2. The fourth-order valence-corrected chi connectivity index (χ4v) is 2.80. The number of hydrogen-bond acceptors (Lipinski definition) is 5. The third kappa shape index (κ3) is 7.51. The predicted molar refractivity (Wildman–Crippen MR) is 121 cm³/mol. The molecule has 0 aliphatic rings. The molecule has 0 radical (unpaired) electrons. The molecule has 2 aromatic rings. The Labute approximate surface area is 184 Å². The zero-order valence-electron chi connectivity index (χ0n) is 19.2. The number of anilines is 1. The third-order valence-electron chi connectivity index (χ3n) is 4.36. The minimum atomic E-state index is -0.731. The molecule has 0 aromatic heterocycles. The van der Waals surface area contributed by atoms with Crippen LogP contribution in [0.4, 0.5) is 10.5 Å². The van der Waals surface area contributed by atoms with Gasteiger partial charge in [0.25, 0.3) is 0 Å². The van der Waals surface area contributed by atoms with Crippen molar-refractivity contribution in [3.8, 4) is 17.2 Å². The average molecular weight is 429 g/mol. The van der Waals surface area contributed by atoms with Gasteiger partial charge in [0.1, 0.15) is 28.9 Å². The van der Waals surface area contributed by atoms with Crippen molar-refractivity contribution in [3.63, 3.8) is 0 Å². The molecule has 0 heterocycles. The van der Waals surface area contributed by atoms with E-state index in [4.69, 9.17) is 14.2 Å². The molecule has 31 heavy (non-hydrogen) atoms. The van der Waals surface area contributed by atoms with Crippen LogP contribution in [-0.4, -0.2) is 30.8 Å².